The maximum atomic E-state index is 12.5. The van der Waals surface area contributed by atoms with Gasteiger partial charge in [-0.15, -0.1) is 0 Å². The Morgan fingerprint density at radius 1 is 1.21 bits per heavy atom. The Kier molecular flexibility index (Phi) is 4.75. The van der Waals surface area contributed by atoms with Crippen molar-refractivity contribution in [2.45, 2.75) is 45.4 Å². The van der Waals surface area contributed by atoms with Crippen LogP contribution in [0.25, 0.3) is 0 Å². The lowest BCUT2D eigenvalue weighted by molar-refractivity contribution is -0.0547. The van der Waals surface area contributed by atoms with Gasteiger partial charge >= 0.3 is 5.97 Å². The Labute approximate surface area is 165 Å². The van der Waals surface area contributed by atoms with Crippen molar-refractivity contribution in [1.29, 1.82) is 0 Å². The van der Waals surface area contributed by atoms with Crippen LogP contribution in [0.5, 0.6) is 0 Å². The minimum atomic E-state index is -0.704. The van der Waals surface area contributed by atoms with Gasteiger partial charge in [0.15, 0.2) is 6.10 Å². The van der Waals surface area contributed by atoms with Crippen LogP contribution in [-0.4, -0.2) is 36.4 Å². The number of aromatic nitrogens is 1. The van der Waals surface area contributed by atoms with Crippen LogP contribution < -0.4 is 10.2 Å². The number of hydrogen-bond acceptors (Lipinski definition) is 6. The summed E-state index contributed by atoms with van der Waals surface area (Å²) in [6, 6.07) is 9.81. The van der Waals surface area contributed by atoms with E-state index in [1.54, 1.807) is 18.3 Å². The Bertz CT molecular complexity index is 896. The predicted octanol–water partition coefficient (Wildman–Crippen LogP) is 4.10. The molecule has 6 nitrogen and oxygen atoms in total. The zero-order valence-corrected chi connectivity index (χ0v) is 16.9. The standard InChI is InChI=1S/C22H27N3O3/c1-5-25(6-2)16-12-8-11-15-17(16)18(22(4,24-15)27-7-3)20-19-14(21(26)28-20)10-9-13-23-19/h8-13,18,20,24H,5-7H2,1-4H3. The molecule has 148 valence electrons. The molecule has 0 radical (unpaired) electrons. The largest absolute Gasteiger partial charge is 0.451 e. The summed E-state index contributed by atoms with van der Waals surface area (Å²) in [6.07, 6.45) is 1.22. The number of hydrogen-bond donors (Lipinski definition) is 1. The summed E-state index contributed by atoms with van der Waals surface area (Å²) in [4.78, 5) is 19.3. The first-order valence-corrected chi connectivity index (χ1v) is 9.99. The highest BCUT2D eigenvalue weighted by molar-refractivity contribution is 5.93. The molecule has 1 aromatic heterocycles. The van der Waals surface area contributed by atoms with Crippen LogP contribution in [-0.2, 0) is 9.47 Å². The second-order valence-corrected chi connectivity index (χ2v) is 7.32. The first-order chi connectivity index (χ1) is 13.5. The third-order valence-electron chi connectivity index (χ3n) is 5.78. The van der Waals surface area contributed by atoms with E-state index in [1.165, 1.54) is 0 Å². The molecule has 6 heteroatoms. The normalized spacial score (nSPS) is 25.1. The summed E-state index contributed by atoms with van der Waals surface area (Å²) in [5.74, 6) is -0.528. The monoisotopic (exact) mass is 381 g/mol. The van der Waals surface area contributed by atoms with Crippen molar-refractivity contribution in [3.8, 4) is 0 Å². The Morgan fingerprint density at radius 2 is 2.00 bits per heavy atom. The summed E-state index contributed by atoms with van der Waals surface area (Å²) in [7, 11) is 0. The maximum Gasteiger partial charge on any atom is 0.340 e. The third kappa shape index (κ3) is 2.75. The van der Waals surface area contributed by atoms with E-state index in [4.69, 9.17) is 9.47 Å². The van der Waals surface area contributed by atoms with Crippen molar-refractivity contribution in [1.82, 2.24) is 4.98 Å². The van der Waals surface area contributed by atoms with Crippen molar-refractivity contribution < 1.29 is 14.3 Å². The number of anilines is 2. The number of esters is 1. The lowest BCUT2D eigenvalue weighted by atomic mass is 9.84. The second-order valence-electron chi connectivity index (χ2n) is 7.32. The average molecular weight is 381 g/mol. The highest BCUT2D eigenvalue weighted by Gasteiger charge is 2.53. The van der Waals surface area contributed by atoms with Crippen molar-refractivity contribution >= 4 is 17.3 Å². The average Bonchev–Trinajstić information content (AvgIpc) is 3.17. The quantitative estimate of drug-likeness (QED) is 0.760. The van der Waals surface area contributed by atoms with Crippen molar-refractivity contribution in [3.05, 3.63) is 53.3 Å². The van der Waals surface area contributed by atoms with Gasteiger partial charge in [0.25, 0.3) is 0 Å². The summed E-state index contributed by atoms with van der Waals surface area (Å²) in [6.45, 7) is 10.6. The van der Waals surface area contributed by atoms with E-state index >= 15 is 0 Å². The van der Waals surface area contributed by atoms with Gasteiger partial charge < -0.3 is 19.7 Å². The Balaban J connectivity index is 1.89. The third-order valence-corrected chi connectivity index (χ3v) is 5.78. The molecule has 1 aromatic carbocycles. The Hall–Kier alpha value is -2.60. The molecule has 4 rings (SSSR count). The molecule has 2 aliphatic heterocycles. The molecule has 0 amide bonds. The molecule has 0 saturated carbocycles. The van der Waals surface area contributed by atoms with Crippen LogP contribution in [0.3, 0.4) is 0 Å². The smallest absolute Gasteiger partial charge is 0.340 e. The molecule has 3 atom stereocenters. The van der Waals surface area contributed by atoms with E-state index in [0.29, 0.717) is 17.9 Å². The fraction of sp³-hybridized carbons (Fsp3) is 0.455. The molecule has 0 aliphatic carbocycles. The number of nitrogens with one attached hydrogen (secondary N) is 1. The molecule has 0 fully saturated rings. The molecule has 28 heavy (non-hydrogen) atoms. The number of fused-ring (bicyclic) bond motifs is 2. The maximum absolute atomic E-state index is 12.5. The molecule has 1 N–H and O–H groups in total. The number of benzene rings is 1. The number of nitrogens with zero attached hydrogens (tertiary/aromatic N) is 2. The second kappa shape index (κ2) is 7.09. The molecule has 2 aliphatic rings. The number of pyridine rings is 1. The number of carbonyl (C=O) groups excluding carboxylic acids is 1. The topological polar surface area (TPSA) is 63.7 Å². The zero-order valence-electron chi connectivity index (χ0n) is 16.9. The highest BCUT2D eigenvalue weighted by Crippen LogP contribution is 2.55. The van der Waals surface area contributed by atoms with Gasteiger partial charge in [0, 0.05) is 42.8 Å². The van der Waals surface area contributed by atoms with Crippen molar-refractivity contribution in [2.24, 2.45) is 0 Å². The molecule has 3 unspecified atom stereocenters. The Morgan fingerprint density at radius 3 is 2.71 bits per heavy atom. The SMILES string of the molecule is CCOC1(C)Nc2cccc(N(CC)CC)c2C1C1OC(=O)c2cccnc21. The summed E-state index contributed by atoms with van der Waals surface area (Å²) < 4.78 is 12.1. The lowest BCUT2D eigenvalue weighted by Gasteiger charge is -2.35. The van der Waals surface area contributed by atoms with Gasteiger partial charge in [0.05, 0.1) is 17.2 Å². The number of cyclic esters (lactones) is 1. The summed E-state index contributed by atoms with van der Waals surface area (Å²) in [5, 5.41) is 3.56. The van der Waals surface area contributed by atoms with Gasteiger partial charge in [-0.3, -0.25) is 4.98 Å². The molecule has 3 heterocycles. The lowest BCUT2D eigenvalue weighted by Crippen LogP contribution is -2.42. The van der Waals surface area contributed by atoms with E-state index < -0.39 is 11.8 Å². The first-order valence-electron chi connectivity index (χ1n) is 9.99. The first kappa shape index (κ1) is 18.7. The van der Waals surface area contributed by atoms with Crippen molar-refractivity contribution in [3.63, 3.8) is 0 Å². The number of ether oxygens (including phenoxy) is 2. The zero-order chi connectivity index (χ0) is 19.9. The number of carbonyl (C=O) groups is 1. The van der Waals surface area contributed by atoms with Crippen LogP contribution in [0, 0.1) is 0 Å². The molecular weight excluding hydrogens is 354 g/mol. The van der Waals surface area contributed by atoms with Gasteiger partial charge in [-0.2, -0.15) is 0 Å². The van der Waals surface area contributed by atoms with Crippen molar-refractivity contribution in [2.75, 3.05) is 29.9 Å². The fourth-order valence-electron chi connectivity index (χ4n) is 4.59. The van der Waals surface area contributed by atoms with E-state index in [9.17, 15) is 4.79 Å². The molecule has 0 bridgehead atoms. The van der Waals surface area contributed by atoms with Gasteiger partial charge in [0.2, 0.25) is 0 Å². The van der Waals surface area contributed by atoms with E-state index in [2.05, 4.69) is 47.2 Å². The van der Waals surface area contributed by atoms with Crippen LogP contribution in [0.1, 0.15) is 61.3 Å². The number of rotatable bonds is 6. The fourth-order valence-corrected chi connectivity index (χ4v) is 4.59. The van der Waals surface area contributed by atoms with Crippen LogP contribution in [0.4, 0.5) is 11.4 Å². The van der Waals surface area contributed by atoms with E-state index in [1.807, 2.05) is 13.8 Å². The van der Waals surface area contributed by atoms with Gasteiger partial charge in [-0.1, -0.05) is 6.07 Å². The van der Waals surface area contributed by atoms with E-state index in [-0.39, 0.29) is 11.9 Å². The molecule has 0 saturated heterocycles. The van der Waals surface area contributed by atoms with Gasteiger partial charge in [-0.05, 0) is 52.0 Å². The predicted molar refractivity (Wildman–Crippen MR) is 109 cm³/mol. The minimum Gasteiger partial charge on any atom is -0.451 e. The van der Waals surface area contributed by atoms with Gasteiger partial charge in [0.1, 0.15) is 5.72 Å². The van der Waals surface area contributed by atoms with Gasteiger partial charge in [-0.25, -0.2) is 4.79 Å². The van der Waals surface area contributed by atoms with Crippen LogP contribution >= 0.6 is 0 Å². The van der Waals surface area contributed by atoms with E-state index in [0.717, 1.165) is 30.0 Å². The summed E-state index contributed by atoms with van der Waals surface area (Å²) in [5.41, 5.74) is 3.81. The van der Waals surface area contributed by atoms with Crippen LogP contribution in [0.15, 0.2) is 36.5 Å². The minimum absolute atomic E-state index is 0.209. The summed E-state index contributed by atoms with van der Waals surface area (Å²) >= 11 is 0. The molecule has 2 aromatic rings. The highest BCUT2D eigenvalue weighted by atomic mass is 16.6. The van der Waals surface area contributed by atoms with Crippen LogP contribution in [0.2, 0.25) is 0 Å². The molecule has 0 spiro atoms. The molecular formula is C22H27N3O3.